The van der Waals surface area contributed by atoms with Crippen molar-refractivity contribution in [2.75, 3.05) is 6.61 Å². The first-order valence-electron chi connectivity index (χ1n) is 9.62. The summed E-state index contributed by atoms with van der Waals surface area (Å²) in [5.74, 6) is 0.684. The van der Waals surface area contributed by atoms with Crippen molar-refractivity contribution in [1.82, 2.24) is 0 Å². The van der Waals surface area contributed by atoms with Crippen molar-refractivity contribution in [3.8, 4) is 0 Å². The summed E-state index contributed by atoms with van der Waals surface area (Å²) in [6.07, 6.45) is 4.99. The molecule has 3 heteroatoms. The van der Waals surface area contributed by atoms with Crippen molar-refractivity contribution in [3.63, 3.8) is 0 Å². The molecular formula is C23H32O2Si. The molecule has 2 aromatic carbocycles. The van der Waals surface area contributed by atoms with Gasteiger partial charge in [-0.05, 0) is 42.5 Å². The second kappa shape index (κ2) is 10.5. The lowest BCUT2D eigenvalue weighted by Gasteiger charge is -2.34. The van der Waals surface area contributed by atoms with Gasteiger partial charge in [-0.3, -0.25) is 0 Å². The standard InChI is InChI=1S/C23H32O2Si/c1-5-13-21(4)25-26(22-15-8-6-9-16-22,23-17-10-7-11-18-23)24-19-12-14-20(2)3/h5-11,15-18,20-21H,1,12-14,19H2,2-4H3. The number of hydrogen-bond acceptors (Lipinski definition) is 2. The van der Waals surface area contributed by atoms with Crippen LogP contribution in [0, 0.1) is 5.92 Å². The van der Waals surface area contributed by atoms with Crippen molar-refractivity contribution in [2.45, 2.75) is 46.1 Å². The average molecular weight is 369 g/mol. The zero-order valence-corrected chi connectivity index (χ0v) is 17.4. The summed E-state index contributed by atoms with van der Waals surface area (Å²) < 4.78 is 13.4. The van der Waals surface area contributed by atoms with Crippen molar-refractivity contribution in [3.05, 3.63) is 73.3 Å². The SMILES string of the molecule is C=CCC(C)O[Si](OCCCC(C)C)(c1ccccc1)c1ccccc1. The lowest BCUT2D eigenvalue weighted by molar-refractivity contribution is 0.141. The molecule has 26 heavy (non-hydrogen) atoms. The van der Waals surface area contributed by atoms with Gasteiger partial charge in [0, 0.05) is 12.7 Å². The molecule has 0 heterocycles. The van der Waals surface area contributed by atoms with Crippen LogP contribution >= 0.6 is 0 Å². The van der Waals surface area contributed by atoms with Gasteiger partial charge >= 0.3 is 8.56 Å². The van der Waals surface area contributed by atoms with Crippen LogP contribution in [0.25, 0.3) is 0 Å². The highest BCUT2D eigenvalue weighted by molar-refractivity contribution is 6.92. The van der Waals surface area contributed by atoms with Crippen LogP contribution in [-0.2, 0) is 8.85 Å². The largest absolute Gasteiger partial charge is 0.407 e. The highest BCUT2D eigenvalue weighted by Crippen LogP contribution is 2.16. The molecule has 2 nitrogen and oxygen atoms in total. The van der Waals surface area contributed by atoms with Gasteiger partial charge in [-0.1, -0.05) is 80.6 Å². The molecule has 1 atom stereocenters. The van der Waals surface area contributed by atoms with Crippen molar-refractivity contribution in [2.24, 2.45) is 5.92 Å². The Morgan fingerprint density at radius 2 is 1.46 bits per heavy atom. The van der Waals surface area contributed by atoms with Crippen LogP contribution in [0.3, 0.4) is 0 Å². The molecule has 140 valence electrons. The van der Waals surface area contributed by atoms with E-state index >= 15 is 0 Å². The molecule has 0 fully saturated rings. The molecule has 1 unspecified atom stereocenters. The van der Waals surface area contributed by atoms with Gasteiger partial charge in [-0.15, -0.1) is 6.58 Å². The van der Waals surface area contributed by atoms with Gasteiger partial charge in [-0.25, -0.2) is 0 Å². The van der Waals surface area contributed by atoms with Crippen LogP contribution < -0.4 is 10.4 Å². The number of benzene rings is 2. The minimum atomic E-state index is -2.77. The average Bonchev–Trinajstić information content (AvgIpc) is 2.65. The molecular weight excluding hydrogens is 336 g/mol. The summed E-state index contributed by atoms with van der Waals surface area (Å²) in [6.45, 7) is 11.2. The van der Waals surface area contributed by atoms with Crippen LogP contribution in [0.5, 0.6) is 0 Å². The van der Waals surface area contributed by atoms with E-state index < -0.39 is 8.56 Å². The van der Waals surface area contributed by atoms with Crippen LogP contribution in [-0.4, -0.2) is 21.3 Å². The molecule has 0 aromatic heterocycles. The molecule has 0 saturated carbocycles. The summed E-state index contributed by atoms with van der Waals surface area (Å²) in [7, 11) is -2.77. The van der Waals surface area contributed by atoms with Crippen LogP contribution in [0.2, 0.25) is 0 Å². The minimum absolute atomic E-state index is 0.0599. The molecule has 0 spiro atoms. The van der Waals surface area contributed by atoms with E-state index in [-0.39, 0.29) is 6.10 Å². The summed E-state index contributed by atoms with van der Waals surface area (Å²) in [6, 6.07) is 20.9. The van der Waals surface area contributed by atoms with Crippen LogP contribution in [0.1, 0.15) is 40.0 Å². The lowest BCUT2D eigenvalue weighted by Crippen LogP contribution is -2.64. The molecule has 2 rings (SSSR count). The van der Waals surface area contributed by atoms with E-state index in [1.165, 1.54) is 0 Å². The van der Waals surface area contributed by atoms with Gasteiger partial charge in [0.05, 0.1) is 0 Å². The molecule has 0 saturated heterocycles. The maximum absolute atomic E-state index is 6.70. The molecule has 0 radical (unpaired) electrons. The van der Waals surface area contributed by atoms with E-state index in [1.54, 1.807) is 0 Å². The van der Waals surface area contributed by atoms with Gasteiger partial charge in [0.1, 0.15) is 0 Å². The zero-order valence-electron chi connectivity index (χ0n) is 16.4. The fraction of sp³-hybridized carbons (Fsp3) is 0.391. The number of hydrogen-bond donors (Lipinski definition) is 0. The molecule has 0 aliphatic carbocycles. The van der Waals surface area contributed by atoms with Crippen molar-refractivity contribution < 1.29 is 8.85 Å². The molecule has 2 aromatic rings. The van der Waals surface area contributed by atoms with E-state index in [4.69, 9.17) is 8.85 Å². The monoisotopic (exact) mass is 368 g/mol. The predicted octanol–water partition coefficient (Wildman–Crippen LogP) is 4.68. The third kappa shape index (κ3) is 5.66. The van der Waals surface area contributed by atoms with E-state index in [0.717, 1.165) is 36.2 Å². The van der Waals surface area contributed by atoms with Gasteiger partial charge in [0.2, 0.25) is 0 Å². The Morgan fingerprint density at radius 1 is 0.923 bits per heavy atom. The second-order valence-corrected chi connectivity index (χ2v) is 10.1. The maximum Gasteiger partial charge on any atom is 0.407 e. The van der Waals surface area contributed by atoms with Gasteiger partial charge < -0.3 is 8.85 Å². The summed E-state index contributed by atoms with van der Waals surface area (Å²) in [4.78, 5) is 0. The van der Waals surface area contributed by atoms with E-state index in [1.807, 2.05) is 18.2 Å². The Morgan fingerprint density at radius 3 is 1.92 bits per heavy atom. The van der Waals surface area contributed by atoms with Gasteiger partial charge in [0.25, 0.3) is 0 Å². The fourth-order valence-corrected chi connectivity index (χ4v) is 6.46. The summed E-state index contributed by atoms with van der Waals surface area (Å²) in [5, 5.41) is 2.32. The minimum Gasteiger partial charge on any atom is -0.388 e. The third-order valence-electron chi connectivity index (χ3n) is 4.40. The Balaban J connectivity index is 2.39. The third-order valence-corrected chi connectivity index (χ3v) is 7.94. The highest BCUT2D eigenvalue weighted by atomic mass is 28.4. The first-order valence-corrected chi connectivity index (χ1v) is 11.4. The smallest absolute Gasteiger partial charge is 0.388 e. The molecule has 0 N–H and O–H groups in total. The second-order valence-electron chi connectivity index (χ2n) is 7.19. The Kier molecular flexibility index (Phi) is 8.30. The molecule has 0 bridgehead atoms. The molecule has 0 amide bonds. The summed E-state index contributed by atoms with van der Waals surface area (Å²) in [5.41, 5.74) is 0. The van der Waals surface area contributed by atoms with Crippen LogP contribution in [0.4, 0.5) is 0 Å². The van der Waals surface area contributed by atoms with E-state index in [9.17, 15) is 0 Å². The number of rotatable bonds is 11. The molecule has 0 aliphatic heterocycles. The van der Waals surface area contributed by atoms with E-state index in [0.29, 0.717) is 5.92 Å². The first-order chi connectivity index (χ1) is 12.6. The van der Waals surface area contributed by atoms with Crippen molar-refractivity contribution in [1.29, 1.82) is 0 Å². The topological polar surface area (TPSA) is 18.5 Å². The van der Waals surface area contributed by atoms with Gasteiger partial charge in [-0.2, -0.15) is 0 Å². The quantitative estimate of drug-likeness (QED) is 0.326. The van der Waals surface area contributed by atoms with Crippen LogP contribution in [0.15, 0.2) is 73.3 Å². The Hall–Kier alpha value is -1.68. The van der Waals surface area contributed by atoms with Gasteiger partial charge in [0.15, 0.2) is 0 Å². The van der Waals surface area contributed by atoms with Crippen molar-refractivity contribution >= 4 is 18.9 Å². The highest BCUT2D eigenvalue weighted by Gasteiger charge is 2.43. The Labute approximate surface area is 160 Å². The zero-order chi connectivity index (χ0) is 18.8. The van der Waals surface area contributed by atoms with E-state index in [2.05, 4.69) is 75.9 Å². The Bertz CT molecular complexity index is 600. The maximum atomic E-state index is 6.70. The first kappa shape index (κ1) is 20.6. The normalized spacial score (nSPS) is 12.9. The predicted molar refractivity (Wildman–Crippen MR) is 113 cm³/mol. The fourth-order valence-electron chi connectivity index (χ4n) is 3.09. The summed E-state index contributed by atoms with van der Waals surface area (Å²) >= 11 is 0. The molecule has 0 aliphatic rings. The lowest BCUT2D eigenvalue weighted by atomic mass is 10.1.